The van der Waals surface area contributed by atoms with Crippen molar-refractivity contribution >= 4 is 5.91 Å². The molecule has 0 fully saturated rings. The molecular formula is C23H27N3O3. The summed E-state index contributed by atoms with van der Waals surface area (Å²) in [5.74, 6) is 1.27. The Kier molecular flexibility index (Phi) is 6.34. The van der Waals surface area contributed by atoms with Crippen LogP contribution < -0.4 is 15.8 Å². The van der Waals surface area contributed by atoms with Gasteiger partial charge < -0.3 is 20.3 Å². The van der Waals surface area contributed by atoms with Gasteiger partial charge in [-0.2, -0.15) is 0 Å². The first-order valence-corrected chi connectivity index (χ1v) is 9.68. The van der Waals surface area contributed by atoms with E-state index in [9.17, 15) is 4.79 Å². The number of nitrogens with zero attached hydrogens (tertiary/aromatic N) is 1. The standard InChI is InChI=1S/C23H27N3O3/c1-14-8-9-20(28-11-10-24)13-21(14)23(27)25-15(2)18-6-5-7-19(12-18)22-16(3)26-29-17(22)4/h5-9,12-13,15H,10-11,24H2,1-4H3,(H,25,27)/t15-/m1/s1. The number of hydrogen-bond donors (Lipinski definition) is 2. The molecule has 152 valence electrons. The molecule has 1 heterocycles. The Labute approximate surface area is 171 Å². The van der Waals surface area contributed by atoms with Gasteiger partial charge in [-0.25, -0.2) is 0 Å². The summed E-state index contributed by atoms with van der Waals surface area (Å²) >= 11 is 0. The molecule has 0 aliphatic rings. The predicted molar refractivity (Wildman–Crippen MR) is 113 cm³/mol. The number of hydrogen-bond acceptors (Lipinski definition) is 5. The van der Waals surface area contributed by atoms with Crippen molar-refractivity contribution in [3.63, 3.8) is 0 Å². The Balaban J connectivity index is 1.79. The van der Waals surface area contributed by atoms with Crippen LogP contribution in [0, 0.1) is 20.8 Å². The number of nitrogens with two attached hydrogens (primary N) is 1. The van der Waals surface area contributed by atoms with Crippen LogP contribution in [0.5, 0.6) is 5.75 Å². The molecule has 29 heavy (non-hydrogen) atoms. The van der Waals surface area contributed by atoms with Crippen molar-refractivity contribution in [2.45, 2.75) is 33.7 Å². The van der Waals surface area contributed by atoms with Crippen LogP contribution in [0.2, 0.25) is 0 Å². The third kappa shape index (κ3) is 4.66. The lowest BCUT2D eigenvalue weighted by molar-refractivity contribution is 0.0939. The summed E-state index contributed by atoms with van der Waals surface area (Å²) in [6.45, 7) is 8.53. The van der Waals surface area contributed by atoms with Gasteiger partial charge in [0.15, 0.2) is 0 Å². The van der Waals surface area contributed by atoms with Crippen LogP contribution in [0.15, 0.2) is 47.0 Å². The molecule has 0 aliphatic heterocycles. The fourth-order valence-electron chi connectivity index (χ4n) is 3.33. The average Bonchev–Trinajstić information content (AvgIpc) is 3.05. The molecule has 0 radical (unpaired) electrons. The van der Waals surface area contributed by atoms with Gasteiger partial charge in [-0.15, -0.1) is 0 Å². The molecule has 0 unspecified atom stereocenters. The lowest BCUT2D eigenvalue weighted by atomic mass is 9.98. The minimum atomic E-state index is -0.170. The highest BCUT2D eigenvalue weighted by Crippen LogP contribution is 2.29. The van der Waals surface area contributed by atoms with Crippen molar-refractivity contribution < 1.29 is 14.1 Å². The van der Waals surface area contributed by atoms with E-state index in [2.05, 4.69) is 16.5 Å². The van der Waals surface area contributed by atoms with Crippen molar-refractivity contribution in [3.05, 3.63) is 70.6 Å². The van der Waals surface area contributed by atoms with Gasteiger partial charge in [0.2, 0.25) is 0 Å². The summed E-state index contributed by atoms with van der Waals surface area (Å²) < 4.78 is 10.8. The summed E-state index contributed by atoms with van der Waals surface area (Å²) in [7, 11) is 0. The minimum Gasteiger partial charge on any atom is -0.492 e. The highest BCUT2D eigenvalue weighted by atomic mass is 16.5. The highest BCUT2D eigenvalue weighted by molar-refractivity contribution is 5.96. The number of amides is 1. The number of benzene rings is 2. The van der Waals surface area contributed by atoms with E-state index in [1.54, 1.807) is 6.07 Å². The molecule has 1 amide bonds. The Morgan fingerprint density at radius 3 is 2.69 bits per heavy atom. The molecule has 3 N–H and O–H groups in total. The van der Waals surface area contributed by atoms with Crippen LogP contribution in [0.4, 0.5) is 0 Å². The topological polar surface area (TPSA) is 90.4 Å². The number of carbonyl (C=O) groups is 1. The van der Waals surface area contributed by atoms with E-state index in [0.29, 0.717) is 24.5 Å². The van der Waals surface area contributed by atoms with Gasteiger partial charge in [-0.1, -0.05) is 29.4 Å². The lowest BCUT2D eigenvalue weighted by Crippen LogP contribution is -2.27. The fourth-order valence-corrected chi connectivity index (χ4v) is 3.33. The van der Waals surface area contributed by atoms with Gasteiger partial charge in [0, 0.05) is 17.7 Å². The summed E-state index contributed by atoms with van der Waals surface area (Å²) in [6.07, 6.45) is 0. The Hall–Kier alpha value is -3.12. The maximum Gasteiger partial charge on any atom is 0.252 e. The average molecular weight is 393 g/mol. The minimum absolute atomic E-state index is 0.143. The monoisotopic (exact) mass is 393 g/mol. The largest absolute Gasteiger partial charge is 0.492 e. The van der Waals surface area contributed by atoms with Crippen LogP contribution >= 0.6 is 0 Å². The van der Waals surface area contributed by atoms with Crippen LogP contribution in [0.25, 0.3) is 11.1 Å². The third-order valence-corrected chi connectivity index (χ3v) is 4.90. The lowest BCUT2D eigenvalue weighted by Gasteiger charge is -2.17. The second-order valence-electron chi connectivity index (χ2n) is 7.13. The molecule has 3 rings (SSSR count). The van der Waals surface area contributed by atoms with Crippen molar-refractivity contribution in [3.8, 4) is 16.9 Å². The molecule has 0 aliphatic carbocycles. The Bertz CT molecular complexity index is 991. The third-order valence-electron chi connectivity index (χ3n) is 4.90. The zero-order valence-corrected chi connectivity index (χ0v) is 17.3. The fraction of sp³-hybridized carbons (Fsp3) is 0.304. The van der Waals surface area contributed by atoms with Crippen LogP contribution in [0.1, 0.15) is 45.9 Å². The zero-order valence-electron chi connectivity index (χ0n) is 17.3. The summed E-state index contributed by atoms with van der Waals surface area (Å²) in [5, 5.41) is 7.11. The number of rotatable bonds is 7. The van der Waals surface area contributed by atoms with Crippen molar-refractivity contribution in [2.75, 3.05) is 13.2 Å². The first-order valence-electron chi connectivity index (χ1n) is 9.68. The second kappa shape index (κ2) is 8.92. The highest BCUT2D eigenvalue weighted by Gasteiger charge is 2.17. The van der Waals surface area contributed by atoms with E-state index >= 15 is 0 Å². The maximum atomic E-state index is 12.9. The van der Waals surface area contributed by atoms with Gasteiger partial charge >= 0.3 is 0 Å². The first kappa shape index (κ1) is 20.6. The van der Waals surface area contributed by atoms with Gasteiger partial charge in [0.05, 0.1) is 11.7 Å². The van der Waals surface area contributed by atoms with Gasteiger partial charge in [-0.05, 0) is 62.6 Å². The molecule has 2 aromatic carbocycles. The number of carbonyl (C=O) groups excluding carboxylic acids is 1. The number of nitrogens with one attached hydrogen (secondary N) is 1. The molecule has 1 atom stereocenters. The van der Waals surface area contributed by atoms with Crippen molar-refractivity contribution in [2.24, 2.45) is 5.73 Å². The Morgan fingerprint density at radius 1 is 1.21 bits per heavy atom. The maximum absolute atomic E-state index is 12.9. The first-order chi connectivity index (χ1) is 13.9. The molecule has 0 bridgehead atoms. The molecule has 0 spiro atoms. The zero-order chi connectivity index (χ0) is 21.0. The van der Waals surface area contributed by atoms with E-state index in [-0.39, 0.29) is 11.9 Å². The van der Waals surface area contributed by atoms with Crippen LogP contribution in [0.3, 0.4) is 0 Å². The van der Waals surface area contributed by atoms with Gasteiger partial charge in [0.25, 0.3) is 5.91 Å². The molecule has 0 saturated carbocycles. The molecular weight excluding hydrogens is 366 g/mol. The van der Waals surface area contributed by atoms with E-state index < -0.39 is 0 Å². The van der Waals surface area contributed by atoms with E-state index in [4.69, 9.17) is 15.0 Å². The molecule has 6 heteroatoms. The number of ether oxygens (including phenoxy) is 1. The second-order valence-corrected chi connectivity index (χ2v) is 7.13. The number of aromatic nitrogens is 1. The smallest absolute Gasteiger partial charge is 0.252 e. The van der Waals surface area contributed by atoms with E-state index in [1.807, 2.05) is 58.0 Å². The van der Waals surface area contributed by atoms with Crippen LogP contribution in [-0.2, 0) is 0 Å². The summed E-state index contributed by atoms with van der Waals surface area (Å²) in [6, 6.07) is 13.4. The Morgan fingerprint density at radius 2 is 2.00 bits per heavy atom. The molecule has 3 aromatic rings. The van der Waals surface area contributed by atoms with Gasteiger partial charge in [-0.3, -0.25) is 4.79 Å². The van der Waals surface area contributed by atoms with Gasteiger partial charge in [0.1, 0.15) is 18.1 Å². The van der Waals surface area contributed by atoms with Crippen LogP contribution in [-0.4, -0.2) is 24.2 Å². The predicted octanol–water partition coefficient (Wildman–Crippen LogP) is 4.10. The molecule has 6 nitrogen and oxygen atoms in total. The van der Waals surface area contributed by atoms with E-state index in [1.165, 1.54) is 0 Å². The summed E-state index contributed by atoms with van der Waals surface area (Å²) in [5.41, 5.74) is 10.8. The van der Waals surface area contributed by atoms with E-state index in [0.717, 1.165) is 33.7 Å². The summed E-state index contributed by atoms with van der Waals surface area (Å²) in [4.78, 5) is 12.9. The quantitative estimate of drug-likeness (QED) is 0.631. The SMILES string of the molecule is Cc1ccc(OCCN)cc1C(=O)N[C@H](C)c1cccc(-c2c(C)noc2C)c1. The molecule has 1 aromatic heterocycles. The number of aryl methyl sites for hydroxylation is 3. The molecule has 0 saturated heterocycles. The normalized spacial score (nSPS) is 11.9. The van der Waals surface area contributed by atoms with Crippen molar-refractivity contribution in [1.82, 2.24) is 10.5 Å². The van der Waals surface area contributed by atoms with Crippen molar-refractivity contribution in [1.29, 1.82) is 0 Å².